The summed E-state index contributed by atoms with van der Waals surface area (Å²) in [7, 11) is 1.79. The highest BCUT2D eigenvalue weighted by atomic mass is 16.4. The van der Waals surface area contributed by atoms with Crippen LogP contribution in [-0.2, 0) is 4.79 Å². The molecule has 5 heteroatoms. The van der Waals surface area contributed by atoms with Gasteiger partial charge in [-0.2, -0.15) is 0 Å². The van der Waals surface area contributed by atoms with Gasteiger partial charge in [0, 0.05) is 18.2 Å². The molecule has 0 fully saturated rings. The second kappa shape index (κ2) is 5.73. The lowest BCUT2D eigenvalue weighted by atomic mass is 10.0. The normalized spacial score (nSPS) is 14.4. The molecule has 0 amide bonds. The molecule has 0 heterocycles. The quantitative estimate of drug-likeness (QED) is 0.697. The fourth-order valence-electron chi connectivity index (χ4n) is 1.78. The van der Waals surface area contributed by atoms with Gasteiger partial charge in [-0.3, -0.25) is 9.69 Å². The van der Waals surface area contributed by atoms with Crippen molar-refractivity contribution in [2.45, 2.75) is 19.9 Å². The minimum absolute atomic E-state index is 0.0781. The lowest BCUT2D eigenvalue weighted by molar-refractivity contribution is -0.141. The van der Waals surface area contributed by atoms with E-state index in [0.717, 1.165) is 0 Å². The molecule has 2 unspecified atom stereocenters. The zero-order valence-electron chi connectivity index (χ0n) is 10.8. The Kier molecular flexibility index (Phi) is 4.55. The van der Waals surface area contributed by atoms with E-state index in [0.29, 0.717) is 12.1 Å². The molecule has 1 aromatic carbocycles. The number of carboxylic acid groups (broad SMARTS) is 1. The number of carbonyl (C=O) groups is 1. The van der Waals surface area contributed by atoms with E-state index in [9.17, 15) is 15.0 Å². The summed E-state index contributed by atoms with van der Waals surface area (Å²) in [6.07, 6.45) is 0. The number of carboxylic acids is 1. The maximum absolute atomic E-state index is 10.8. The molecule has 0 saturated carbocycles. The summed E-state index contributed by atoms with van der Waals surface area (Å²) in [4.78, 5) is 12.6. The lowest BCUT2D eigenvalue weighted by Gasteiger charge is -2.27. The average molecular weight is 253 g/mol. The number of hydrogen-bond acceptors (Lipinski definition) is 4. The molecule has 0 saturated heterocycles. The second-order valence-corrected chi connectivity index (χ2v) is 4.60. The van der Waals surface area contributed by atoms with E-state index < -0.39 is 11.9 Å². The molecule has 0 radical (unpaired) electrons. The van der Waals surface area contributed by atoms with E-state index >= 15 is 0 Å². The first kappa shape index (κ1) is 14.3. The van der Waals surface area contributed by atoms with Gasteiger partial charge in [0.2, 0.25) is 0 Å². The van der Waals surface area contributed by atoms with Crippen LogP contribution in [0.25, 0.3) is 0 Å². The molecule has 0 spiro atoms. The topological polar surface area (TPSA) is 81.0 Å². The number of benzene rings is 1. The number of rotatable bonds is 5. The molecule has 0 aliphatic heterocycles. The fraction of sp³-hybridized carbons (Fsp3) is 0.462. The second-order valence-electron chi connectivity index (χ2n) is 4.60. The number of phenols is 2. The molecule has 100 valence electrons. The summed E-state index contributed by atoms with van der Waals surface area (Å²) in [6.45, 7) is 3.85. The summed E-state index contributed by atoms with van der Waals surface area (Å²) < 4.78 is 0. The predicted octanol–water partition coefficient (Wildman–Crippen LogP) is 1.81. The van der Waals surface area contributed by atoms with Crippen molar-refractivity contribution in [3.05, 3.63) is 23.8 Å². The minimum atomic E-state index is -0.853. The van der Waals surface area contributed by atoms with Crippen LogP contribution < -0.4 is 0 Å². The van der Waals surface area contributed by atoms with Crippen LogP contribution in [0, 0.1) is 5.92 Å². The van der Waals surface area contributed by atoms with E-state index in [1.165, 1.54) is 18.2 Å². The van der Waals surface area contributed by atoms with Crippen LogP contribution in [0.2, 0.25) is 0 Å². The van der Waals surface area contributed by atoms with E-state index in [4.69, 9.17) is 5.11 Å². The number of nitrogens with zero attached hydrogens (tertiary/aromatic N) is 1. The van der Waals surface area contributed by atoms with Gasteiger partial charge in [0.25, 0.3) is 0 Å². The van der Waals surface area contributed by atoms with Gasteiger partial charge in [-0.15, -0.1) is 0 Å². The van der Waals surface area contributed by atoms with Crippen LogP contribution in [0.4, 0.5) is 0 Å². The third-order valence-electron chi connectivity index (χ3n) is 3.11. The van der Waals surface area contributed by atoms with Crippen LogP contribution in [0.3, 0.4) is 0 Å². The monoisotopic (exact) mass is 253 g/mol. The molecule has 0 aliphatic carbocycles. The number of phenolic OH excluding ortho intramolecular Hbond substituents is 2. The third-order valence-corrected chi connectivity index (χ3v) is 3.11. The van der Waals surface area contributed by atoms with Crippen molar-refractivity contribution in [2.24, 2.45) is 5.92 Å². The van der Waals surface area contributed by atoms with Crippen LogP contribution in [-0.4, -0.2) is 39.8 Å². The first-order valence-corrected chi connectivity index (χ1v) is 5.77. The molecule has 1 rings (SSSR count). The molecule has 0 aliphatic rings. The van der Waals surface area contributed by atoms with Crippen molar-refractivity contribution >= 4 is 5.97 Å². The van der Waals surface area contributed by atoms with Gasteiger partial charge in [-0.25, -0.2) is 0 Å². The SMILES string of the molecule is CC(CN(C)C(C)c1cc(O)ccc1O)C(=O)O. The molecule has 5 nitrogen and oxygen atoms in total. The highest BCUT2D eigenvalue weighted by Crippen LogP contribution is 2.30. The standard InChI is InChI=1S/C13H19NO4/c1-8(13(17)18)7-14(3)9(2)11-6-10(15)4-5-12(11)16/h4-6,8-9,15-16H,7H2,1-3H3,(H,17,18). The summed E-state index contributed by atoms with van der Waals surface area (Å²) in [5.74, 6) is -1.17. The Bertz CT molecular complexity index is 433. The summed E-state index contributed by atoms with van der Waals surface area (Å²) in [5.41, 5.74) is 0.579. The Morgan fingerprint density at radius 1 is 1.33 bits per heavy atom. The molecule has 2 atom stereocenters. The van der Waals surface area contributed by atoms with Crippen LogP contribution in [0.15, 0.2) is 18.2 Å². The zero-order valence-corrected chi connectivity index (χ0v) is 10.8. The average Bonchev–Trinajstić information content (AvgIpc) is 2.31. The smallest absolute Gasteiger partial charge is 0.307 e. The van der Waals surface area contributed by atoms with Crippen molar-refractivity contribution in [3.8, 4) is 11.5 Å². The molecule has 0 bridgehead atoms. The Morgan fingerprint density at radius 2 is 1.94 bits per heavy atom. The fourth-order valence-corrected chi connectivity index (χ4v) is 1.78. The van der Waals surface area contributed by atoms with Gasteiger partial charge >= 0.3 is 5.97 Å². The maximum atomic E-state index is 10.8. The van der Waals surface area contributed by atoms with Gasteiger partial charge in [0.1, 0.15) is 11.5 Å². The predicted molar refractivity (Wildman–Crippen MR) is 67.6 cm³/mol. The number of hydrogen-bond donors (Lipinski definition) is 3. The summed E-state index contributed by atoms with van der Waals surface area (Å²) >= 11 is 0. The van der Waals surface area contributed by atoms with Crippen LogP contribution in [0.1, 0.15) is 25.5 Å². The van der Waals surface area contributed by atoms with Crippen LogP contribution >= 0.6 is 0 Å². The zero-order chi connectivity index (χ0) is 13.9. The molecule has 1 aromatic rings. The molecular formula is C13H19NO4. The summed E-state index contributed by atoms with van der Waals surface area (Å²) in [6, 6.07) is 4.14. The van der Waals surface area contributed by atoms with E-state index in [1.807, 2.05) is 11.8 Å². The van der Waals surface area contributed by atoms with Gasteiger partial charge in [0.05, 0.1) is 5.92 Å². The van der Waals surface area contributed by atoms with Crippen molar-refractivity contribution in [3.63, 3.8) is 0 Å². The molecule has 18 heavy (non-hydrogen) atoms. The third kappa shape index (κ3) is 3.37. The molecular weight excluding hydrogens is 234 g/mol. The van der Waals surface area contributed by atoms with Crippen molar-refractivity contribution in [2.75, 3.05) is 13.6 Å². The summed E-state index contributed by atoms with van der Waals surface area (Å²) in [5, 5.41) is 28.0. The number of aromatic hydroxyl groups is 2. The maximum Gasteiger partial charge on any atom is 0.307 e. The Labute approximate surface area is 106 Å². The Balaban J connectivity index is 2.82. The number of aliphatic carboxylic acids is 1. The molecule has 0 aromatic heterocycles. The van der Waals surface area contributed by atoms with E-state index in [-0.39, 0.29) is 17.5 Å². The van der Waals surface area contributed by atoms with Crippen molar-refractivity contribution in [1.82, 2.24) is 4.90 Å². The van der Waals surface area contributed by atoms with Gasteiger partial charge in [-0.1, -0.05) is 6.92 Å². The van der Waals surface area contributed by atoms with Crippen molar-refractivity contribution < 1.29 is 20.1 Å². The van der Waals surface area contributed by atoms with E-state index in [2.05, 4.69) is 0 Å². The molecule has 3 N–H and O–H groups in total. The van der Waals surface area contributed by atoms with E-state index in [1.54, 1.807) is 14.0 Å². The van der Waals surface area contributed by atoms with Crippen LogP contribution in [0.5, 0.6) is 11.5 Å². The largest absolute Gasteiger partial charge is 0.508 e. The van der Waals surface area contributed by atoms with Crippen molar-refractivity contribution in [1.29, 1.82) is 0 Å². The van der Waals surface area contributed by atoms with Gasteiger partial charge < -0.3 is 15.3 Å². The Morgan fingerprint density at radius 3 is 2.50 bits per heavy atom. The Hall–Kier alpha value is -1.75. The highest BCUT2D eigenvalue weighted by Gasteiger charge is 2.20. The van der Waals surface area contributed by atoms with Gasteiger partial charge in [-0.05, 0) is 32.2 Å². The first-order valence-electron chi connectivity index (χ1n) is 5.77. The minimum Gasteiger partial charge on any atom is -0.508 e. The highest BCUT2D eigenvalue weighted by molar-refractivity contribution is 5.69. The lowest BCUT2D eigenvalue weighted by Crippen LogP contribution is -2.30. The van der Waals surface area contributed by atoms with Gasteiger partial charge in [0.15, 0.2) is 0 Å². The first-order chi connectivity index (χ1) is 8.32.